The summed E-state index contributed by atoms with van der Waals surface area (Å²) >= 11 is 1.36. The smallest absolute Gasteiger partial charge is 0.271 e. The van der Waals surface area contributed by atoms with Crippen molar-refractivity contribution in [2.45, 2.75) is 19.4 Å². The first-order valence-corrected chi connectivity index (χ1v) is 6.64. The number of carbonyl (C=O) groups is 1. The molecule has 6 nitrogen and oxygen atoms in total. The molecule has 0 bridgehead atoms. The number of thiazole rings is 1. The van der Waals surface area contributed by atoms with Crippen molar-refractivity contribution in [2.75, 3.05) is 6.54 Å². The van der Waals surface area contributed by atoms with Gasteiger partial charge in [-0.25, -0.2) is 4.98 Å². The molecule has 2 aromatic rings. The van der Waals surface area contributed by atoms with Crippen LogP contribution in [0.5, 0.6) is 0 Å². The molecule has 0 atom stereocenters. The van der Waals surface area contributed by atoms with Crippen molar-refractivity contribution in [1.29, 1.82) is 0 Å². The van der Waals surface area contributed by atoms with E-state index in [1.807, 2.05) is 13.8 Å². The van der Waals surface area contributed by atoms with Crippen LogP contribution in [-0.4, -0.2) is 32.9 Å². The molecule has 0 radical (unpaired) electrons. The van der Waals surface area contributed by atoms with Crippen LogP contribution in [0, 0.1) is 0 Å². The van der Waals surface area contributed by atoms with E-state index in [0.29, 0.717) is 22.9 Å². The molecule has 3 N–H and O–H groups in total. The van der Waals surface area contributed by atoms with Gasteiger partial charge in [-0.3, -0.25) is 14.8 Å². The Morgan fingerprint density at radius 3 is 2.67 bits per heavy atom. The Morgan fingerprint density at radius 1 is 1.38 bits per heavy atom. The lowest BCUT2D eigenvalue weighted by atomic mass is 10.1. The molecule has 21 heavy (non-hydrogen) atoms. The molecular weight excluding hydrogens is 333 g/mol. The number of halogens is 2. The maximum Gasteiger partial charge on any atom is 0.271 e. The fourth-order valence-corrected chi connectivity index (χ4v) is 2.09. The highest BCUT2D eigenvalue weighted by Crippen LogP contribution is 2.20. The van der Waals surface area contributed by atoms with Crippen molar-refractivity contribution in [3.8, 4) is 10.7 Å². The van der Waals surface area contributed by atoms with Gasteiger partial charge in [0.1, 0.15) is 16.4 Å². The van der Waals surface area contributed by atoms with Gasteiger partial charge in [-0.1, -0.05) is 0 Å². The minimum Gasteiger partial charge on any atom is -0.345 e. The van der Waals surface area contributed by atoms with Crippen LogP contribution in [0.1, 0.15) is 24.3 Å². The summed E-state index contributed by atoms with van der Waals surface area (Å²) in [6.45, 7) is 4.08. The van der Waals surface area contributed by atoms with Gasteiger partial charge < -0.3 is 11.1 Å². The molecule has 0 aliphatic rings. The normalized spacial score (nSPS) is 10.2. The summed E-state index contributed by atoms with van der Waals surface area (Å²) in [6.07, 6.45) is 4.80. The lowest BCUT2D eigenvalue weighted by Gasteiger charge is -2.23. The van der Waals surface area contributed by atoms with Gasteiger partial charge in [-0.2, -0.15) is 0 Å². The van der Waals surface area contributed by atoms with Crippen molar-refractivity contribution in [3.63, 3.8) is 0 Å². The van der Waals surface area contributed by atoms with Crippen LogP contribution in [0.3, 0.4) is 0 Å². The first kappa shape index (κ1) is 19.7. The number of nitrogens with one attached hydrogen (secondary N) is 1. The predicted molar refractivity (Wildman–Crippen MR) is 88.2 cm³/mol. The lowest BCUT2D eigenvalue weighted by molar-refractivity contribution is 0.0911. The fourth-order valence-electron chi connectivity index (χ4n) is 1.33. The molecule has 0 unspecified atom stereocenters. The maximum absolute atomic E-state index is 12.0. The number of carbonyl (C=O) groups excluding carboxylic acids is 1. The van der Waals surface area contributed by atoms with Crippen LogP contribution < -0.4 is 11.1 Å². The molecule has 2 aromatic heterocycles. The zero-order valence-electron chi connectivity index (χ0n) is 11.6. The number of rotatable bonds is 4. The highest BCUT2D eigenvalue weighted by molar-refractivity contribution is 7.13. The van der Waals surface area contributed by atoms with Crippen LogP contribution in [0.25, 0.3) is 10.7 Å². The van der Waals surface area contributed by atoms with E-state index < -0.39 is 5.54 Å². The minimum atomic E-state index is -0.451. The van der Waals surface area contributed by atoms with Gasteiger partial charge in [0, 0.05) is 29.9 Å². The van der Waals surface area contributed by atoms with Gasteiger partial charge >= 0.3 is 0 Å². The van der Waals surface area contributed by atoms with Gasteiger partial charge in [0.15, 0.2) is 0 Å². The average molecular weight is 350 g/mol. The van der Waals surface area contributed by atoms with Crippen LogP contribution in [0.2, 0.25) is 0 Å². The van der Waals surface area contributed by atoms with Crippen molar-refractivity contribution < 1.29 is 4.79 Å². The molecule has 2 rings (SSSR count). The van der Waals surface area contributed by atoms with Crippen LogP contribution in [0.15, 0.2) is 24.0 Å². The molecule has 0 saturated carbocycles. The number of nitrogens with zero attached hydrogens (tertiary/aromatic N) is 3. The highest BCUT2D eigenvalue weighted by atomic mass is 35.5. The summed E-state index contributed by atoms with van der Waals surface area (Å²) in [7, 11) is 0. The monoisotopic (exact) mass is 349 g/mol. The second-order valence-corrected chi connectivity index (χ2v) is 5.53. The van der Waals surface area contributed by atoms with Crippen molar-refractivity contribution in [1.82, 2.24) is 20.3 Å². The highest BCUT2D eigenvalue weighted by Gasteiger charge is 2.21. The first-order chi connectivity index (χ1) is 9.02. The molecule has 0 aliphatic carbocycles. The van der Waals surface area contributed by atoms with Gasteiger partial charge in [-0.05, 0) is 13.8 Å². The lowest BCUT2D eigenvalue weighted by Crippen LogP contribution is -2.48. The van der Waals surface area contributed by atoms with Crippen molar-refractivity contribution >= 4 is 42.1 Å². The number of hydrogen-bond donors (Lipinski definition) is 2. The minimum absolute atomic E-state index is 0. The van der Waals surface area contributed by atoms with Crippen molar-refractivity contribution in [2.24, 2.45) is 5.73 Å². The van der Waals surface area contributed by atoms with Gasteiger partial charge in [-0.15, -0.1) is 36.2 Å². The van der Waals surface area contributed by atoms with E-state index in [-0.39, 0.29) is 30.7 Å². The summed E-state index contributed by atoms with van der Waals surface area (Å²) in [5, 5.41) is 5.20. The molecule has 1 amide bonds. The summed E-state index contributed by atoms with van der Waals surface area (Å²) in [5.74, 6) is -0.234. The van der Waals surface area contributed by atoms with Gasteiger partial charge in [0.2, 0.25) is 0 Å². The second kappa shape index (κ2) is 8.23. The molecular formula is C12H17Cl2N5OS. The van der Waals surface area contributed by atoms with Crippen LogP contribution in [-0.2, 0) is 0 Å². The molecule has 0 aliphatic heterocycles. The van der Waals surface area contributed by atoms with E-state index >= 15 is 0 Å². The van der Waals surface area contributed by atoms with E-state index in [0.717, 1.165) is 0 Å². The third kappa shape index (κ3) is 5.20. The summed E-state index contributed by atoms with van der Waals surface area (Å²) in [6, 6.07) is 0. The Morgan fingerprint density at radius 2 is 2.10 bits per heavy atom. The Bertz CT molecular complexity index is 576. The molecule has 0 saturated heterocycles. The van der Waals surface area contributed by atoms with Gasteiger partial charge in [0.05, 0.1) is 6.20 Å². The summed E-state index contributed by atoms with van der Waals surface area (Å²) in [4.78, 5) is 24.4. The van der Waals surface area contributed by atoms with Crippen molar-refractivity contribution in [3.05, 3.63) is 29.7 Å². The van der Waals surface area contributed by atoms with Crippen LogP contribution in [0.4, 0.5) is 0 Å². The summed E-state index contributed by atoms with van der Waals surface area (Å²) in [5.41, 5.74) is 6.15. The molecule has 0 aromatic carbocycles. The number of aromatic nitrogens is 3. The number of amides is 1. The summed E-state index contributed by atoms with van der Waals surface area (Å²) < 4.78 is 0. The maximum atomic E-state index is 12.0. The zero-order chi connectivity index (χ0) is 13.9. The Balaban J connectivity index is 0.00000200. The SMILES string of the molecule is CC(C)(CN)NC(=O)c1csc(-c2cnccn2)n1.Cl.Cl. The standard InChI is InChI=1S/C12H15N5OS.2ClH/c1-12(2,7-13)17-10(18)9-6-19-11(16-9)8-5-14-3-4-15-8;;/h3-6H,7,13H2,1-2H3,(H,17,18);2*1H. The van der Waals surface area contributed by atoms with Crippen LogP contribution >= 0.6 is 36.2 Å². The topological polar surface area (TPSA) is 93.8 Å². The second-order valence-electron chi connectivity index (χ2n) is 4.67. The molecule has 0 fully saturated rings. The van der Waals surface area contributed by atoms with E-state index in [9.17, 15) is 4.79 Å². The largest absolute Gasteiger partial charge is 0.345 e. The predicted octanol–water partition coefficient (Wildman–Crippen LogP) is 1.91. The average Bonchev–Trinajstić information content (AvgIpc) is 2.89. The van der Waals surface area contributed by atoms with E-state index in [1.54, 1.807) is 24.0 Å². The first-order valence-electron chi connectivity index (χ1n) is 5.76. The van der Waals surface area contributed by atoms with E-state index in [2.05, 4.69) is 20.3 Å². The molecule has 9 heteroatoms. The molecule has 116 valence electrons. The molecule has 2 heterocycles. The van der Waals surface area contributed by atoms with E-state index in [1.165, 1.54) is 11.3 Å². The third-order valence-electron chi connectivity index (χ3n) is 2.48. The molecule has 0 spiro atoms. The number of hydrogen-bond acceptors (Lipinski definition) is 6. The Kier molecular flexibility index (Phi) is 7.73. The number of nitrogens with two attached hydrogens (primary N) is 1. The van der Waals surface area contributed by atoms with E-state index in [4.69, 9.17) is 5.73 Å². The quantitative estimate of drug-likeness (QED) is 0.879. The third-order valence-corrected chi connectivity index (χ3v) is 3.35. The Hall–Kier alpha value is -1.28. The fraction of sp³-hybridized carbons (Fsp3) is 0.333. The Labute approximate surface area is 139 Å². The van der Waals surface area contributed by atoms with Gasteiger partial charge in [0.25, 0.3) is 5.91 Å². The zero-order valence-corrected chi connectivity index (χ0v) is 14.0.